The van der Waals surface area contributed by atoms with E-state index in [0.29, 0.717) is 18.3 Å². The Kier molecular flexibility index (Phi) is 4.28. The lowest BCUT2D eigenvalue weighted by molar-refractivity contribution is 0.268. The molecule has 15 heavy (non-hydrogen) atoms. The van der Waals surface area contributed by atoms with Crippen molar-refractivity contribution in [3.8, 4) is 17.2 Å². The number of ether oxygens (including phenoxy) is 3. The van der Waals surface area contributed by atoms with Gasteiger partial charge in [0.1, 0.15) is 5.75 Å². The molecule has 84 valence electrons. The molecule has 0 aliphatic carbocycles. The average Bonchev–Trinajstić information content (AvgIpc) is 2.25. The summed E-state index contributed by atoms with van der Waals surface area (Å²) in [5.74, 6) is 2.73. The van der Waals surface area contributed by atoms with Crippen LogP contribution in [0.5, 0.6) is 17.2 Å². The highest BCUT2D eigenvalue weighted by Crippen LogP contribution is 2.30. The summed E-state index contributed by atoms with van der Waals surface area (Å²) in [4.78, 5) is 0. The Morgan fingerprint density at radius 3 is 2.27 bits per heavy atom. The van der Waals surface area contributed by atoms with E-state index in [1.165, 1.54) is 0 Å². The first-order chi connectivity index (χ1) is 7.17. The monoisotopic (exact) mass is 210 g/mol. The van der Waals surface area contributed by atoms with Gasteiger partial charge in [0.05, 0.1) is 20.8 Å². The van der Waals surface area contributed by atoms with Crippen LogP contribution in [0.2, 0.25) is 0 Å². The maximum Gasteiger partial charge on any atom is 0.164 e. The molecule has 1 rings (SSSR count). The van der Waals surface area contributed by atoms with Crippen LogP contribution in [-0.2, 0) is 0 Å². The Labute approximate surface area is 91.0 Å². The zero-order valence-electron chi connectivity index (χ0n) is 9.74. The van der Waals surface area contributed by atoms with Crippen LogP contribution in [0.4, 0.5) is 0 Å². The fourth-order valence-electron chi connectivity index (χ4n) is 1.17. The molecule has 0 unspecified atom stereocenters. The van der Waals surface area contributed by atoms with E-state index < -0.39 is 0 Å². The Morgan fingerprint density at radius 2 is 1.73 bits per heavy atom. The van der Waals surface area contributed by atoms with Crippen LogP contribution in [0.3, 0.4) is 0 Å². The number of hydrogen-bond acceptors (Lipinski definition) is 3. The van der Waals surface area contributed by atoms with Gasteiger partial charge in [-0.3, -0.25) is 0 Å². The van der Waals surface area contributed by atoms with Gasteiger partial charge in [-0.05, 0) is 18.1 Å². The number of benzene rings is 1. The van der Waals surface area contributed by atoms with Gasteiger partial charge in [0.2, 0.25) is 0 Å². The van der Waals surface area contributed by atoms with Crippen LogP contribution in [0.25, 0.3) is 0 Å². The first-order valence-electron chi connectivity index (χ1n) is 5.02. The highest BCUT2D eigenvalue weighted by Gasteiger charge is 2.05. The van der Waals surface area contributed by atoms with Gasteiger partial charge in [-0.1, -0.05) is 13.8 Å². The number of rotatable bonds is 5. The van der Waals surface area contributed by atoms with Gasteiger partial charge in [0.25, 0.3) is 0 Å². The second-order valence-electron chi connectivity index (χ2n) is 3.72. The summed E-state index contributed by atoms with van der Waals surface area (Å²) in [5.41, 5.74) is 0. The maximum absolute atomic E-state index is 5.57. The summed E-state index contributed by atoms with van der Waals surface area (Å²) >= 11 is 0. The molecule has 1 aromatic carbocycles. The molecule has 0 aromatic heterocycles. The minimum Gasteiger partial charge on any atom is -0.493 e. The smallest absolute Gasteiger partial charge is 0.164 e. The zero-order valence-corrected chi connectivity index (χ0v) is 9.74. The topological polar surface area (TPSA) is 27.7 Å². The van der Waals surface area contributed by atoms with Crippen LogP contribution in [0.15, 0.2) is 18.2 Å². The summed E-state index contributed by atoms with van der Waals surface area (Å²) in [6, 6.07) is 5.56. The lowest BCUT2D eigenvalue weighted by Gasteiger charge is -2.11. The molecule has 0 heterocycles. The zero-order chi connectivity index (χ0) is 11.3. The van der Waals surface area contributed by atoms with Gasteiger partial charge in [-0.15, -0.1) is 0 Å². The molecule has 0 bridgehead atoms. The molecule has 0 saturated carbocycles. The maximum atomic E-state index is 5.57. The first kappa shape index (κ1) is 11.7. The summed E-state index contributed by atoms with van der Waals surface area (Å²) in [6.07, 6.45) is 0. The highest BCUT2D eigenvalue weighted by atomic mass is 16.5. The van der Waals surface area contributed by atoms with Crippen molar-refractivity contribution in [2.45, 2.75) is 13.8 Å². The number of methoxy groups -OCH3 is 2. The van der Waals surface area contributed by atoms with Crippen LogP contribution < -0.4 is 14.2 Å². The minimum atomic E-state index is 0.512. The van der Waals surface area contributed by atoms with Crippen molar-refractivity contribution in [2.24, 2.45) is 5.92 Å². The van der Waals surface area contributed by atoms with Crippen molar-refractivity contribution in [3.63, 3.8) is 0 Å². The van der Waals surface area contributed by atoms with E-state index in [1.54, 1.807) is 14.2 Å². The van der Waals surface area contributed by atoms with E-state index in [4.69, 9.17) is 14.2 Å². The van der Waals surface area contributed by atoms with Crippen LogP contribution in [0.1, 0.15) is 13.8 Å². The van der Waals surface area contributed by atoms with Gasteiger partial charge in [-0.2, -0.15) is 0 Å². The summed E-state index contributed by atoms with van der Waals surface area (Å²) < 4.78 is 15.9. The summed E-state index contributed by atoms with van der Waals surface area (Å²) in [7, 11) is 3.23. The Balaban J connectivity index is 2.74. The van der Waals surface area contributed by atoms with E-state index in [1.807, 2.05) is 18.2 Å². The lowest BCUT2D eigenvalue weighted by atomic mass is 10.2. The lowest BCUT2D eigenvalue weighted by Crippen LogP contribution is -2.04. The number of hydrogen-bond donors (Lipinski definition) is 0. The van der Waals surface area contributed by atoms with Gasteiger partial charge >= 0.3 is 0 Å². The quantitative estimate of drug-likeness (QED) is 0.748. The molecular weight excluding hydrogens is 192 g/mol. The van der Waals surface area contributed by atoms with E-state index in [9.17, 15) is 0 Å². The fraction of sp³-hybridized carbons (Fsp3) is 0.500. The molecule has 3 heteroatoms. The molecule has 3 nitrogen and oxygen atoms in total. The highest BCUT2D eigenvalue weighted by molar-refractivity contribution is 5.45. The van der Waals surface area contributed by atoms with Crippen molar-refractivity contribution >= 4 is 0 Å². The normalized spacial score (nSPS) is 10.2. The van der Waals surface area contributed by atoms with Crippen molar-refractivity contribution in [1.82, 2.24) is 0 Å². The Hall–Kier alpha value is -1.38. The van der Waals surface area contributed by atoms with Gasteiger partial charge in [0.15, 0.2) is 11.5 Å². The first-order valence-corrected chi connectivity index (χ1v) is 5.02. The third-order valence-corrected chi connectivity index (χ3v) is 1.94. The van der Waals surface area contributed by atoms with Crippen molar-refractivity contribution in [3.05, 3.63) is 18.2 Å². The molecular formula is C12H18O3. The summed E-state index contributed by atoms with van der Waals surface area (Å²) in [6.45, 7) is 4.93. The molecule has 0 aliphatic rings. The van der Waals surface area contributed by atoms with Gasteiger partial charge < -0.3 is 14.2 Å². The third kappa shape index (κ3) is 3.35. The molecule has 0 aliphatic heterocycles. The fourth-order valence-corrected chi connectivity index (χ4v) is 1.17. The molecule has 0 fully saturated rings. The third-order valence-electron chi connectivity index (χ3n) is 1.94. The summed E-state index contributed by atoms with van der Waals surface area (Å²) in [5, 5.41) is 0. The molecule has 0 saturated heterocycles. The van der Waals surface area contributed by atoms with Crippen molar-refractivity contribution < 1.29 is 14.2 Å². The molecule has 0 spiro atoms. The van der Waals surface area contributed by atoms with Gasteiger partial charge in [0, 0.05) is 6.07 Å². The molecule has 0 amide bonds. The molecule has 1 aromatic rings. The average molecular weight is 210 g/mol. The second kappa shape index (κ2) is 5.49. The SMILES string of the molecule is COc1ccc(OCC(C)C)cc1OC. The van der Waals surface area contributed by atoms with E-state index in [-0.39, 0.29) is 0 Å². The minimum absolute atomic E-state index is 0.512. The van der Waals surface area contributed by atoms with Crippen molar-refractivity contribution in [1.29, 1.82) is 0 Å². The Morgan fingerprint density at radius 1 is 1.07 bits per heavy atom. The Bertz CT molecular complexity index is 308. The van der Waals surface area contributed by atoms with Crippen LogP contribution >= 0.6 is 0 Å². The van der Waals surface area contributed by atoms with E-state index in [0.717, 1.165) is 11.5 Å². The van der Waals surface area contributed by atoms with E-state index in [2.05, 4.69) is 13.8 Å². The largest absolute Gasteiger partial charge is 0.493 e. The van der Waals surface area contributed by atoms with Crippen LogP contribution in [0, 0.1) is 5.92 Å². The van der Waals surface area contributed by atoms with Crippen molar-refractivity contribution in [2.75, 3.05) is 20.8 Å². The molecule has 0 radical (unpaired) electrons. The second-order valence-corrected chi connectivity index (χ2v) is 3.72. The standard InChI is InChI=1S/C12H18O3/c1-9(2)8-15-10-5-6-11(13-3)12(7-10)14-4/h5-7,9H,8H2,1-4H3. The van der Waals surface area contributed by atoms with Crippen LogP contribution in [-0.4, -0.2) is 20.8 Å². The predicted octanol–water partition coefficient (Wildman–Crippen LogP) is 2.74. The molecule has 0 N–H and O–H groups in total. The molecule has 0 atom stereocenters. The van der Waals surface area contributed by atoms with E-state index >= 15 is 0 Å². The predicted molar refractivity (Wildman–Crippen MR) is 59.9 cm³/mol. The van der Waals surface area contributed by atoms with Gasteiger partial charge in [-0.25, -0.2) is 0 Å².